The number of likely N-dealkylation sites (N-methyl/N-ethyl adjacent to an activating group) is 1. The third kappa shape index (κ3) is 3.86. The first-order chi connectivity index (χ1) is 9.18. The highest BCUT2D eigenvalue weighted by atomic mass is 32.1. The molecule has 1 atom stereocenters. The van der Waals surface area contributed by atoms with E-state index in [0.717, 1.165) is 13.1 Å². The molecule has 4 heteroatoms. The van der Waals surface area contributed by atoms with Gasteiger partial charge in [0.25, 0.3) is 0 Å². The largest absolute Gasteiger partial charge is 0.311 e. The van der Waals surface area contributed by atoms with Crippen LogP contribution in [0.15, 0.2) is 36.0 Å². The Labute approximate surface area is 119 Å². The lowest BCUT2D eigenvalue weighted by atomic mass is 10.1. The Kier molecular flexibility index (Phi) is 5.07. The highest BCUT2D eigenvalue weighted by Crippen LogP contribution is 2.22. The van der Waals surface area contributed by atoms with E-state index in [1.54, 1.807) is 0 Å². The number of aryl methyl sites for hydroxylation is 1. The van der Waals surface area contributed by atoms with Crippen molar-refractivity contribution in [1.82, 2.24) is 15.2 Å². The first-order valence-corrected chi connectivity index (χ1v) is 7.36. The minimum absolute atomic E-state index is 0.428. The zero-order chi connectivity index (χ0) is 13.7. The van der Waals surface area contributed by atoms with Gasteiger partial charge in [0, 0.05) is 30.4 Å². The summed E-state index contributed by atoms with van der Waals surface area (Å²) in [5, 5.41) is 5.67. The van der Waals surface area contributed by atoms with E-state index in [2.05, 4.69) is 59.8 Å². The van der Waals surface area contributed by atoms with E-state index in [9.17, 15) is 0 Å². The van der Waals surface area contributed by atoms with Gasteiger partial charge in [-0.3, -0.25) is 4.98 Å². The molecule has 19 heavy (non-hydrogen) atoms. The second kappa shape index (κ2) is 6.80. The predicted molar refractivity (Wildman–Crippen MR) is 81.4 cm³/mol. The van der Waals surface area contributed by atoms with Crippen LogP contribution in [-0.2, 0) is 6.54 Å². The average molecular weight is 275 g/mol. The van der Waals surface area contributed by atoms with E-state index in [0.29, 0.717) is 6.04 Å². The lowest BCUT2D eigenvalue weighted by Crippen LogP contribution is -2.30. The second-order valence-corrected chi connectivity index (χ2v) is 5.91. The molecule has 1 N–H and O–H groups in total. The van der Waals surface area contributed by atoms with Crippen LogP contribution in [0.5, 0.6) is 0 Å². The monoisotopic (exact) mass is 275 g/mol. The number of nitrogens with one attached hydrogen (secondary N) is 1. The quantitative estimate of drug-likeness (QED) is 0.878. The number of hydrogen-bond acceptors (Lipinski definition) is 4. The maximum atomic E-state index is 4.18. The maximum absolute atomic E-state index is 4.18. The Morgan fingerprint density at radius 3 is 2.84 bits per heavy atom. The van der Waals surface area contributed by atoms with Gasteiger partial charge in [-0.15, -0.1) is 11.3 Å². The third-order valence-corrected chi connectivity index (χ3v) is 4.27. The summed E-state index contributed by atoms with van der Waals surface area (Å²) in [6.45, 7) is 3.94. The number of aromatic nitrogens is 1. The van der Waals surface area contributed by atoms with Gasteiger partial charge in [0.05, 0.1) is 6.04 Å². The highest BCUT2D eigenvalue weighted by Gasteiger charge is 2.14. The number of rotatable bonds is 6. The lowest BCUT2D eigenvalue weighted by Gasteiger charge is -2.23. The van der Waals surface area contributed by atoms with Crippen molar-refractivity contribution in [1.29, 1.82) is 0 Å². The fraction of sp³-hybridized carbons (Fsp3) is 0.400. The third-order valence-electron chi connectivity index (χ3n) is 3.30. The first kappa shape index (κ1) is 14.2. The molecule has 0 radical (unpaired) electrons. The summed E-state index contributed by atoms with van der Waals surface area (Å²) in [4.78, 5) is 7.84. The fourth-order valence-electron chi connectivity index (χ4n) is 2.04. The Hall–Kier alpha value is -1.23. The molecule has 3 nitrogen and oxygen atoms in total. The summed E-state index contributed by atoms with van der Waals surface area (Å²) >= 11 is 1.81. The summed E-state index contributed by atoms with van der Waals surface area (Å²) in [5.74, 6) is 0. The van der Waals surface area contributed by atoms with Crippen molar-refractivity contribution in [3.63, 3.8) is 0 Å². The molecule has 102 valence electrons. The van der Waals surface area contributed by atoms with Gasteiger partial charge >= 0.3 is 0 Å². The summed E-state index contributed by atoms with van der Waals surface area (Å²) < 4.78 is 0. The Bertz CT molecular complexity index is 494. The van der Waals surface area contributed by atoms with Crippen molar-refractivity contribution in [2.24, 2.45) is 0 Å². The van der Waals surface area contributed by atoms with Gasteiger partial charge in [-0.1, -0.05) is 6.07 Å². The van der Waals surface area contributed by atoms with Crippen LogP contribution in [-0.4, -0.2) is 30.5 Å². The van der Waals surface area contributed by atoms with Crippen molar-refractivity contribution in [2.75, 3.05) is 20.6 Å². The Morgan fingerprint density at radius 2 is 2.21 bits per heavy atom. The molecular weight excluding hydrogens is 254 g/mol. The normalized spacial score (nSPS) is 12.8. The van der Waals surface area contributed by atoms with Crippen molar-refractivity contribution >= 4 is 11.3 Å². The topological polar surface area (TPSA) is 28.2 Å². The number of nitrogens with zero attached hydrogens (tertiary/aromatic N) is 2. The molecule has 0 aromatic carbocycles. The van der Waals surface area contributed by atoms with Crippen LogP contribution < -0.4 is 5.32 Å². The molecule has 0 aliphatic heterocycles. The molecule has 0 saturated heterocycles. The number of pyridine rings is 1. The molecule has 1 unspecified atom stereocenters. The van der Waals surface area contributed by atoms with E-state index in [1.807, 2.05) is 23.7 Å². The maximum Gasteiger partial charge on any atom is 0.0561 e. The van der Waals surface area contributed by atoms with Crippen LogP contribution >= 0.6 is 11.3 Å². The van der Waals surface area contributed by atoms with Crippen molar-refractivity contribution < 1.29 is 0 Å². The molecule has 2 rings (SSSR count). The van der Waals surface area contributed by atoms with Crippen LogP contribution in [0.25, 0.3) is 0 Å². The van der Waals surface area contributed by atoms with Crippen molar-refractivity contribution in [3.8, 4) is 0 Å². The summed E-state index contributed by atoms with van der Waals surface area (Å²) in [6, 6.07) is 6.80. The van der Waals surface area contributed by atoms with Gasteiger partial charge in [0.2, 0.25) is 0 Å². The molecule has 0 spiro atoms. The van der Waals surface area contributed by atoms with Gasteiger partial charge in [-0.25, -0.2) is 0 Å². The van der Waals surface area contributed by atoms with Gasteiger partial charge in [0.15, 0.2) is 0 Å². The molecule has 0 bridgehead atoms. The summed E-state index contributed by atoms with van der Waals surface area (Å²) in [5.41, 5.74) is 2.56. The van der Waals surface area contributed by atoms with E-state index in [1.165, 1.54) is 16.0 Å². The molecule has 0 fully saturated rings. The van der Waals surface area contributed by atoms with Crippen LogP contribution in [0, 0.1) is 6.92 Å². The standard InChI is InChI=1S/C15H21N3S/c1-12-6-7-16-9-13(12)10-17-11-14(18(2)3)15-5-4-8-19-15/h4-9,14,17H,10-11H2,1-3H3. The first-order valence-electron chi connectivity index (χ1n) is 6.48. The lowest BCUT2D eigenvalue weighted by molar-refractivity contribution is 0.292. The van der Waals surface area contributed by atoms with Crippen LogP contribution in [0.2, 0.25) is 0 Å². The van der Waals surface area contributed by atoms with Gasteiger partial charge < -0.3 is 10.2 Å². The number of hydrogen-bond donors (Lipinski definition) is 1. The smallest absolute Gasteiger partial charge is 0.0561 e. The molecule has 2 aromatic rings. The Balaban J connectivity index is 1.92. The van der Waals surface area contributed by atoms with Crippen LogP contribution in [0.4, 0.5) is 0 Å². The van der Waals surface area contributed by atoms with Crippen LogP contribution in [0.3, 0.4) is 0 Å². The summed E-state index contributed by atoms with van der Waals surface area (Å²) in [6.07, 6.45) is 3.78. The number of thiophene rings is 1. The predicted octanol–water partition coefficient (Wildman–Crippen LogP) is 2.84. The molecule has 0 aliphatic rings. The molecule has 2 aromatic heterocycles. The zero-order valence-corrected chi connectivity index (χ0v) is 12.6. The fourth-order valence-corrected chi connectivity index (χ4v) is 2.97. The SMILES string of the molecule is Cc1ccncc1CNCC(c1cccs1)N(C)C. The van der Waals surface area contributed by atoms with Gasteiger partial charge in [-0.2, -0.15) is 0 Å². The summed E-state index contributed by atoms with van der Waals surface area (Å²) in [7, 11) is 4.25. The minimum Gasteiger partial charge on any atom is -0.311 e. The molecule has 0 amide bonds. The Morgan fingerprint density at radius 1 is 1.37 bits per heavy atom. The zero-order valence-electron chi connectivity index (χ0n) is 11.8. The van der Waals surface area contributed by atoms with E-state index < -0.39 is 0 Å². The van der Waals surface area contributed by atoms with E-state index in [4.69, 9.17) is 0 Å². The highest BCUT2D eigenvalue weighted by molar-refractivity contribution is 7.10. The second-order valence-electron chi connectivity index (χ2n) is 4.93. The van der Waals surface area contributed by atoms with Crippen LogP contribution in [0.1, 0.15) is 22.0 Å². The molecule has 2 heterocycles. The van der Waals surface area contributed by atoms with E-state index in [-0.39, 0.29) is 0 Å². The minimum atomic E-state index is 0.428. The average Bonchev–Trinajstić information content (AvgIpc) is 2.89. The van der Waals surface area contributed by atoms with E-state index >= 15 is 0 Å². The van der Waals surface area contributed by atoms with Gasteiger partial charge in [-0.05, 0) is 49.7 Å². The molecule has 0 saturated carbocycles. The van der Waals surface area contributed by atoms with Gasteiger partial charge in [0.1, 0.15) is 0 Å². The van der Waals surface area contributed by atoms with Crippen molar-refractivity contribution in [3.05, 3.63) is 52.0 Å². The molecular formula is C15H21N3S. The van der Waals surface area contributed by atoms with Crippen molar-refractivity contribution in [2.45, 2.75) is 19.5 Å². The molecule has 0 aliphatic carbocycles.